The fourth-order valence-corrected chi connectivity index (χ4v) is 5.06. The highest BCUT2D eigenvalue weighted by Gasteiger charge is 2.25. The normalized spacial score (nSPS) is 14.9. The molecule has 1 aliphatic rings. The summed E-state index contributed by atoms with van der Waals surface area (Å²) in [6, 6.07) is 14.5. The van der Waals surface area contributed by atoms with Crippen molar-refractivity contribution in [2.75, 3.05) is 31.2 Å². The Morgan fingerprint density at radius 1 is 1.07 bits per heavy atom. The zero-order valence-electron chi connectivity index (χ0n) is 16.5. The van der Waals surface area contributed by atoms with E-state index in [1.165, 1.54) is 3.97 Å². The van der Waals surface area contributed by atoms with Crippen molar-refractivity contribution in [1.29, 1.82) is 0 Å². The number of hydrogen-bond acceptors (Lipinski definition) is 4. The van der Waals surface area contributed by atoms with Gasteiger partial charge < -0.3 is 14.2 Å². The molecule has 2 aromatic heterocycles. The van der Waals surface area contributed by atoms with Crippen LogP contribution < -0.4 is 4.90 Å². The van der Waals surface area contributed by atoms with E-state index in [0.29, 0.717) is 25.5 Å². The van der Waals surface area contributed by atoms with Crippen LogP contribution in [0.1, 0.15) is 5.69 Å². The molecular formula is C22H25N3O3S. The summed E-state index contributed by atoms with van der Waals surface area (Å²) < 4.78 is 35.9. The number of benzene rings is 1. The summed E-state index contributed by atoms with van der Waals surface area (Å²) in [5.41, 5.74) is 3.43. The first kappa shape index (κ1) is 19.5. The van der Waals surface area contributed by atoms with Gasteiger partial charge in [0.1, 0.15) is 0 Å². The summed E-state index contributed by atoms with van der Waals surface area (Å²) in [5, 5.41) is 0. The largest absolute Gasteiger partial charge is 0.378 e. The first-order chi connectivity index (χ1) is 14.0. The Balaban J connectivity index is 1.90. The lowest BCUT2D eigenvalue weighted by Gasteiger charge is -2.27. The van der Waals surface area contributed by atoms with Crippen molar-refractivity contribution in [3.63, 3.8) is 0 Å². The van der Waals surface area contributed by atoms with Crippen molar-refractivity contribution in [3.05, 3.63) is 73.1 Å². The van der Waals surface area contributed by atoms with Crippen LogP contribution in [0.25, 0.3) is 11.4 Å². The second-order valence-corrected chi connectivity index (χ2v) is 8.87. The van der Waals surface area contributed by atoms with Gasteiger partial charge in [-0.05, 0) is 37.3 Å². The Kier molecular flexibility index (Phi) is 5.34. The quantitative estimate of drug-likeness (QED) is 0.583. The van der Waals surface area contributed by atoms with Crippen LogP contribution in [0.3, 0.4) is 0 Å². The number of aromatic nitrogens is 2. The number of hydrogen-bond donors (Lipinski definition) is 0. The Labute approximate surface area is 171 Å². The molecule has 1 aliphatic heterocycles. The average Bonchev–Trinajstić information content (AvgIpc) is 3.34. The maximum absolute atomic E-state index is 13.5. The number of aryl methyl sites for hydroxylation is 1. The van der Waals surface area contributed by atoms with E-state index in [1.807, 2.05) is 37.3 Å². The summed E-state index contributed by atoms with van der Waals surface area (Å²) >= 11 is 0. The van der Waals surface area contributed by atoms with Gasteiger partial charge in [0.05, 0.1) is 35.2 Å². The van der Waals surface area contributed by atoms with Crippen LogP contribution in [-0.4, -0.2) is 43.3 Å². The molecule has 0 atom stereocenters. The van der Waals surface area contributed by atoms with Crippen LogP contribution in [-0.2, 0) is 21.3 Å². The van der Waals surface area contributed by atoms with Crippen LogP contribution in [0.2, 0.25) is 0 Å². The molecule has 7 heteroatoms. The van der Waals surface area contributed by atoms with Gasteiger partial charge in [-0.3, -0.25) is 0 Å². The van der Waals surface area contributed by atoms with Gasteiger partial charge >= 0.3 is 0 Å². The third-order valence-corrected chi connectivity index (χ3v) is 6.91. The van der Waals surface area contributed by atoms with Gasteiger partial charge in [-0.2, -0.15) is 0 Å². The van der Waals surface area contributed by atoms with E-state index in [4.69, 9.17) is 4.74 Å². The predicted molar refractivity (Wildman–Crippen MR) is 115 cm³/mol. The monoisotopic (exact) mass is 411 g/mol. The fourth-order valence-electron chi connectivity index (χ4n) is 3.68. The lowest BCUT2D eigenvalue weighted by atomic mass is 10.3. The van der Waals surface area contributed by atoms with Crippen LogP contribution in [0, 0.1) is 6.92 Å². The second kappa shape index (κ2) is 7.93. The minimum Gasteiger partial charge on any atom is -0.378 e. The number of morpholine rings is 1. The van der Waals surface area contributed by atoms with E-state index in [9.17, 15) is 8.42 Å². The summed E-state index contributed by atoms with van der Waals surface area (Å²) in [4.78, 5) is 2.43. The molecule has 6 nitrogen and oxygen atoms in total. The second-order valence-electron chi connectivity index (χ2n) is 7.06. The topological polar surface area (TPSA) is 56.5 Å². The zero-order chi connectivity index (χ0) is 20.4. The minimum atomic E-state index is -3.74. The van der Waals surface area contributed by atoms with Crippen molar-refractivity contribution in [2.45, 2.75) is 18.4 Å². The molecule has 0 unspecified atom stereocenters. The minimum absolute atomic E-state index is 0.268. The molecule has 4 rings (SSSR count). The van der Waals surface area contributed by atoms with Gasteiger partial charge in [0.25, 0.3) is 10.0 Å². The van der Waals surface area contributed by atoms with Crippen LogP contribution in [0.5, 0.6) is 0 Å². The molecule has 0 aliphatic carbocycles. The number of ether oxygens (including phenoxy) is 1. The highest BCUT2D eigenvalue weighted by Crippen LogP contribution is 2.32. The molecule has 0 radical (unpaired) electrons. The zero-order valence-corrected chi connectivity index (χ0v) is 17.3. The van der Waals surface area contributed by atoms with E-state index in [1.54, 1.807) is 30.5 Å². The molecule has 0 spiro atoms. The molecule has 29 heavy (non-hydrogen) atoms. The van der Waals surface area contributed by atoms with E-state index < -0.39 is 10.0 Å². The van der Waals surface area contributed by atoms with E-state index in [2.05, 4.69) is 16.0 Å². The molecule has 0 amide bonds. The van der Waals surface area contributed by atoms with Gasteiger partial charge in [-0.15, -0.1) is 6.58 Å². The summed E-state index contributed by atoms with van der Waals surface area (Å²) in [6.45, 7) is 9.21. The smallest absolute Gasteiger partial charge is 0.268 e. The lowest BCUT2D eigenvalue weighted by Crippen LogP contribution is -2.36. The number of rotatable bonds is 6. The standard InChI is InChI=1S/C22H25N3O3S/c1-3-11-24-18(2)9-10-21(24)22-16-19(23-12-14-28-15-13-23)17-25(22)29(26,27)20-7-5-4-6-8-20/h3-10,16-17H,1,11-15H2,2H3. The summed E-state index contributed by atoms with van der Waals surface area (Å²) in [6.07, 6.45) is 3.54. The number of anilines is 1. The highest BCUT2D eigenvalue weighted by molar-refractivity contribution is 7.90. The van der Waals surface area contributed by atoms with Gasteiger partial charge in [0, 0.05) is 31.5 Å². The van der Waals surface area contributed by atoms with Crippen molar-refractivity contribution >= 4 is 15.7 Å². The SMILES string of the molecule is C=CCn1c(C)ccc1-c1cc(N2CCOCC2)cn1S(=O)(=O)c1ccccc1. The van der Waals surface area contributed by atoms with Crippen molar-refractivity contribution < 1.29 is 13.2 Å². The van der Waals surface area contributed by atoms with Gasteiger partial charge in [-0.25, -0.2) is 12.4 Å². The van der Waals surface area contributed by atoms with Gasteiger partial charge in [0.15, 0.2) is 0 Å². The van der Waals surface area contributed by atoms with Crippen molar-refractivity contribution in [1.82, 2.24) is 8.54 Å². The lowest BCUT2D eigenvalue weighted by molar-refractivity contribution is 0.122. The molecule has 0 N–H and O–H groups in total. The summed E-state index contributed by atoms with van der Waals surface area (Å²) in [5.74, 6) is 0. The van der Waals surface area contributed by atoms with E-state index >= 15 is 0 Å². The molecule has 0 bridgehead atoms. The Morgan fingerprint density at radius 2 is 1.79 bits per heavy atom. The molecule has 0 saturated carbocycles. The maximum Gasteiger partial charge on any atom is 0.268 e. The third-order valence-electron chi connectivity index (χ3n) is 5.22. The number of nitrogens with zero attached hydrogens (tertiary/aromatic N) is 3. The highest BCUT2D eigenvalue weighted by atomic mass is 32.2. The Bertz CT molecular complexity index is 1110. The van der Waals surface area contributed by atoms with Gasteiger partial charge in [0.2, 0.25) is 0 Å². The first-order valence-corrected chi connectivity index (χ1v) is 11.1. The third kappa shape index (κ3) is 3.63. The molecule has 1 fully saturated rings. The van der Waals surface area contributed by atoms with Crippen LogP contribution in [0.4, 0.5) is 5.69 Å². The Morgan fingerprint density at radius 3 is 2.48 bits per heavy atom. The molecular weight excluding hydrogens is 386 g/mol. The molecule has 3 heterocycles. The Hall–Kier alpha value is -2.77. The maximum atomic E-state index is 13.5. The number of allylic oxidation sites excluding steroid dienone is 1. The molecule has 3 aromatic rings. The van der Waals surface area contributed by atoms with Gasteiger partial charge in [-0.1, -0.05) is 24.3 Å². The van der Waals surface area contributed by atoms with E-state index in [0.717, 1.165) is 30.2 Å². The molecule has 1 saturated heterocycles. The first-order valence-electron chi connectivity index (χ1n) is 9.65. The fraction of sp³-hybridized carbons (Fsp3) is 0.273. The predicted octanol–water partition coefficient (Wildman–Crippen LogP) is 3.52. The average molecular weight is 412 g/mol. The van der Waals surface area contributed by atoms with Crippen molar-refractivity contribution in [3.8, 4) is 11.4 Å². The van der Waals surface area contributed by atoms with Crippen LogP contribution in [0.15, 0.2) is 72.3 Å². The van der Waals surface area contributed by atoms with E-state index in [-0.39, 0.29) is 4.90 Å². The van der Waals surface area contributed by atoms with Crippen molar-refractivity contribution in [2.24, 2.45) is 0 Å². The molecule has 1 aromatic carbocycles. The summed E-state index contributed by atoms with van der Waals surface area (Å²) in [7, 11) is -3.74. The van der Waals surface area contributed by atoms with Crippen LogP contribution >= 0.6 is 0 Å². The molecule has 152 valence electrons.